The van der Waals surface area contributed by atoms with E-state index in [1.54, 1.807) is 36.4 Å². The molecule has 0 fully saturated rings. The van der Waals surface area contributed by atoms with Crippen molar-refractivity contribution in [2.45, 2.75) is 23.6 Å². The SMILES string of the molecule is Cc1cc(C)cc(OP2(=O)Oc3ccc(Cl)cc3C(C(Cl)(Cl)Cl)c3cc(Cl)ccc3O2)c1. The maximum atomic E-state index is 13.8. The standard InChI is InChI=1S/C22H16Cl5O4P/c1-12-7-13(2)9-16(8-12)29-32(28)30-19-5-3-14(23)10-17(19)21(22(25,26)27)18-11-15(24)4-6-20(18)31-32/h3-11,21H,1-2H3. The Hall–Kier alpha value is -1.26. The van der Waals surface area contributed by atoms with Gasteiger partial charge in [0.25, 0.3) is 0 Å². The molecule has 0 saturated heterocycles. The van der Waals surface area contributed by atoms with E-state index in [9.17, 15) is 4.57 Å². The highest BCUT2D eigenvalue weighted by atomic mass is 35.6. The summed E-state index contributed by atoms with van der Waals surface area (Å²) in [4.78, 5) is 0. The summed E-state index contributed by atoms with van der Waals surface area (Å²) in [6, 6.07) is 14.8. The first-order valence-electron chi connectivity index (χ1n) is 9.36. The molecule has 3 aromatic carbocycles. The highest BCUT2D eigenvalue weighted by molar-refractivity contribution is 7.49. The third-order valence-corrected chi connectivity index (χ3v) is 7.13. The minimum Gasteiger partial charge on any atom is -0.386 e. The summed E-state index contributed by atoms with van der Waals surface area (Å²) in [5, 5.41) is 0.753. The first-order valence-corrected chi connectivity index (χ1v) is 12.7. The second-order valence-corrected chi connectivity index (χ2v) is 12.1. The third-order valence-electron chi connectivity index (χ3n) is 4.73. The largest absolute Gasteiger partial charge is 0.647 e. The summed E-state index contributed by atoms with van der Waals surface area (Å²) in [6.45, 7) is 3.80. The van der Waals surface area contributed by atoms with Crippen molar-refractivity contribution < 1.29 is 18.1 Å². The summed E-state index contributed by atoms with van der Waals surface area (Å²) in [6.07, 6.45) is 0. The fourth-order valence-electron chi connectivity index (χ4n) is 3.59. The van der Waals surface area contributed by atoms with Gasteiger partial charge in [0.05, 0.1) is 5.92 Å². The lowest BCUT2D eigenvalue weighted by atomic mass is 9.91. The topological polar surface area (TPSA) is 44.8 Å². The second-order valence-electron chi connectivity index (χ2n) is 7.38. The minimum atomic E-state index is -4.24. The zero-order chi connectivity index (χ0) is 23.3. The fourth-order valence-corrected chi connectivity index (χ4v) is 5.94. The van der Waals surface area contributed by atoms with E-state index >= 15 is 0 Å². The molecule has 0 aromatic heterocycles. The molecule has 0 saturated carbocycles. The molecule has 0 N–H and O–H groups in total. The van der Waals surface area contributed by atoms with E-state index in [1.165, 1.54) is 12.1 Å². The van der Waals surface area contributed by atoms with Gasteiger partial charge in [-0.1, -0.05) is 64.1 Å². The number of aryl methyl sites for hydroxylation is 2. The summed E-state index contributed by atoms with van der Waals surface area (Å²) >= 11 is 31.6. The molecule has 3 aromatic rings. The van der Waals surface area contributed by atoms with Crippen LogP contribution in [0.2, 0.25) is 10.0 Å². The van der Waals surface area contributed by atoms with Gasteiger partial charge in [-0.25, -0.2) is 0 Å². The van der Waals surface area contributed by atoms with Gasteiger partial charge in [0.2, 0.25) is 3.79 Å². The molecule has 0 radical (unpaired) electrons. The lowest BCUT2D eigenvalue weighted by Crippen LogP contribution is -2.23. The molecule has 1 heterocycles. The van der Waals surface area contributed by atoms with Crippen molar-refractivity contribution in [2.75, 3.05) is 0 Å². The van der Waals surface area contributed by atoms with Gasteiger partial charge in [-0.3, -0.25) is 0 Å². The summed E-state index contributed by atoms with van der Waals surface area (Å²) in [5.74, 6) is -0.270. The first kappa shape index (κ1) is 23.9. The average molecular weight is 553 g/mol. The molecular formula is C22H16Cl5O4P. The van der Waals surface area contributed by atoms with Crippen molar-refractivity contribution >= 4 is 65.8 Å². The van der Waals surface area contributed by atoms with Gasteiger partial charge in [0, 0.05) is 21.2 Å². The number of fused-ring (bicyclic) bond motifs is 2. The molecule has 1 aliphatic rings. The van der Waals surface area contributed by atoms with Crippen molar-refractivity contribution in [3.63, 3.8) is 0 Å². The molecule has 0 atom stereocenters. The molecule has 0 bridgehead atoms. The quantitative estimate of drug-likeness (QED) is 0.235. The molecular weight excluding hydrogens is 536 g/mol. The van der Waals surface area contributed by atoms with Gasteiger partial charge >= 0.3 is 7.82 Å². The molecule has 10 heteroatoms. The minimum absolute atomic E-state index is 0.143. The highest BCUT2D eigenvalue weighted by Gasteiger charge is 2.45. The fraction of sp³-hybridized carbons (Fsp3) is 0.182. The Labute approximate surface area is 210 Å². The lowest BCUT2D eigenvalue weighted by Gasteiger charge is -2.32. The van der Waals surface area contributed by atoms with Crippen molar-refractivity contribution in [3.8, 4) is 17.2 Å². The van der Waals surface area contributed by atoms with Crippen LogP contribution in [0.5, 0.6) is 17.2 Å². The molecule has 0 aliphatic carbocycles. The molecule has 4 nitrogen and oxygen atoms in total. The highest BCUT2D eigenvalue weighted by Crippen LogP contribution is 2.59. The Morgan fingerprint density at radius 1 is 0.812 bits per heavy atom. The van der Waals surface area contributed by atoms with E-state index in [-0.39, 0.29) is 11.5 Å². The van der Waals surface area contributed by atoms with Gasteiger partial charge in [0.15, 0.2) is 0 Å². The predicted molar refractivity (Wildman–Crippen MR) is 130 cm³/mol. The smallest absolute Gasteiger partial charge is 0.386 e. The Kier molecular flexibility index (Phi) is 6.59. The van der Waals surface area contributed by atoms with Crippen LogP contribution in [0.4, 0.5) is 0 Å². The Balaban J connectivity index is 1.92. The first-order chi connectivity index (χ1) is 14.9. The number of benzene rings is 3. The number of halogens is 5. The van der Waals surface area contributed by atoms with Crippen molar-refractivity contribution in [1.82, 2.24) is 0 Å². The zero-order valence-electron chi connectivity index (χ0n) is 16.7. The van der Waals surface area contributed by atoms with Gasteiger partial charge in [-0.15, -0.1) is 0 Å². The van der Waals surface area contributed by atoms with Gasteiger partial charge in [-0.05, 0) is 73.5 Å². The summed E-state index contributed by atoms with van der Waals surface area (Å²) in [7, 11) is -4.24. The van der Waals surface area contributed by atoms with Crippen LogP contribution in [-0.4, -0.2) is 3.79 Å². The van der Waals surface area contributed by atoms with Crippen LogP contribution in [0, 0.1) is 13.8 Å². The molecule has 0 amide bonds. The van der Waals surface area contributed by atoms with Crippen LogP contribution in [0.3, 0.4) is 0 Å². The van der Waals surface area contributed by atoms with Crippen LogP contribution in [-0.2, 0) is 4.57 Å². The molecule has 0 unspecified atom stereocenters. The van der Waals surface area contributed by atoms with Crippen LogP contribution in [0.1, 0.15) is 28.2 Å². The zero-order valence-corrected chi connectivity index (χ0v) is 21.4. The number of hydrogen-bond acceptors (Lipinski definition) is 4. The van der Waals surface area contributed by atoms with E-state index in [0.29, 0.717) is 26.9 Å². The predicted octanol–water partition coefficient (Wildman–Crippen LogP) is 9.07. The number of phosphoric acid groups is 1. The number of hydrogen-bond donors (Lipinski definition) is 0. The molecule has 0 spiro atoms. The van der Waals surface area contributed by atoms with Gasteiger partial charge < -0.3 is 13.6 Å². The van der Waals surface area contributed by atoms with E-state index in [0.717, 1.165) is 11.1 Å². The van der Waals surface area contributed by atoms with Crippen molar-refractivity contribution in [1.29, 1.82) is 0 Å². The van der Waals surface area contributed by atoms with Crippen LogP contribution >= 0.6 is 65.8 Å². The number of alkyl halides is 3. The summed E-state index contributed by atoms with van der Waals surface area (Å²) in [5.41, 5.74) is 2.64. The van der Waals surface area contributed by atoms with Crippen molar-refractivity contribution in [3.05, 3.63) is 86.9 Å². The van der Waals surface area contributed by atoms with E-state index in [1.807, 2.05) is 19.9 Å². The van der Waals surface area contributed by atoms with Crippen molar-refractivity contribution in [2.24, 2.45) is 0 Å². The van der Waals surface area contributed by atoms with E-state index in [4.69, 9.17) is 71.6 Å². The Bertz CT molecular complexity index is 1160. The monoisotopic (exact) mass is 550 g/mol. The van der Waals surface area contributed by atoms with Gasteiger partial charge in [-0.2, -0.15) is 4.57 Å². The van der Waals surface area contributed by atoms with Crippen LogP contribution < -0.4 is 13.6 Å². The Morgan fingerprint density at radius 2 is 1.28 bits per heavy atom. The number of phosphoric ester groups is 1. The van der Waals surface area contributed by atoms with E-state index < -0.39 is 17.5 Å². The molecule has 168 valence electrons. The summed E-state index contributed by atoms with van der Waals surface area (Å²) < 4.78 is 29.4. The molecule has 1 aliphatic heterocycles. The normalized spacial score (nSPS) is 20.2. The van der Waals surface area contributed by atoms with Crippen LogP contribution in [0.15, 0.2) is 54.6 Å². The van der Waals surface area contributed by atoms with Crippen LogP contribution in [0.25, 0.3) is 0 Å². The lowest BCUT2D eigenvalue weighted by molar-refractivity contribution is 0.292. The maximum absolute atomic E-state index is 13.8. The second kappa shape index (κ2) is 8.83. The third kappa shape index (κ3) is 5.12. The molecule has 32 heavy (non-hydrogen) atoms. The number of rotatable bonds is 2. The molecule has 4 rings (SSSR count). The van der Waals surface area contributed by atoms with Gasteiger partial charge in [0.1, 0.15) is 17.2 Å². The Morgan fingerprint density at radius 3 is 1.72 bits per heavy atom. The van der Waals surface area contributed by atoms with E-state index in [2.05, 4.69) is 0 Å². The average Bonchev–Trinajstić information content (AvgIpc) is 2.63. The maximum Gasteiger partial charge on any atom is 0.647 e.